The van der Waals surface area contributed by atoms with Crippen LogP contribution >= 0.6 is 11.5 Å². The standard InChI is InChI=1S/C14H16N2O2S/c1-9-7-16(8-11(9)14(17)18-2)13-10-5-3-4-6-12(10)15-19-13/h3-6,9,11H,7-8H2,1-2H3. The highest BCUT2D eigenvalue weighted by Gasteiger charge is 2.36. The molecule has 3 rings (SSSR count). The van der Waals surface area contributed by atoms with Crippen LogP contribution in [0.2, 0.25) is 0 Å². The molecule has 0 amide bonds. The summed E-state index contributed by atoms with van der Waals surface area (Å²) in [5.41, 5.74) is 1.02. The number of aromatic nitrogens is 1. The number of hydrogen-bond donors (Lipinski definition) is 0. The number of methoxy groups -OCH3 is 1. The van der Waals surface area contributed by atoms with E-state index in [4.69, 9.17) is 4.74 Å². The van der Waals surface area contributed by atoms with Crippen molar-refractivity contribution in [1.82, 2.24) is 4.37 Å². The normalized spacial score (nSPS) is 22.9. The Morgan fingerprint density at radius 2 is 2.21 bits per heavy atom. The number of nitrogens with zero attached hydrogens (tertiary/aromatic N) is 2. The zero-order chi connectivity index (χ0) is 13.4. The Kier molecular flexibility index (Phi) is 3.14. The van der Waals surface area contributed by atoms with Gasteiger partial charge in [0.1, 0.15) is 5.00 Å². The smallest absolute Gasteiger partial charge is 0.310 e. The number of anilines is 1. The zero-order valence-electron chi connectivity index (χ0n) is 11.0. The first-order valence-electron chi connectivity index (χ1n) is 6.38. The van der Waals surface area contributed by atoms with Gasteiger partial charge >= 0.3 is 5.97 Å². The molecule has 2 unspecified atom stereocenters. The third-order valence-corrected chi connectivity index (χ3v) is 4.71. The van der Waals surface area contributed by atoms with Gasteiger partial charge in [-0.3, -0.25) is 4.79 Å². The predicted octanol–water partition coefficient (Wildman–Crippen LogP) is 2.54. The van der Waals surface area contributed by atoms with E-state index in [0.717, 1.165) is 23.6 Å². The first-order valence-corrected chi connectivity index (χ1v) is 7.15. The van der Waals surface area contributed by atoms with Gasteiger partial charge in [0.05, 0.1) is 18.5 Å². The Labute approximate surface area is 116 Å². The van der Waals surface area contributed by atoms with Crippen molar-refractivity contribution in [3.8, 4) is 0 Å². The molecular weight excluding hydrogens is 260 g/mol. The van der Waals surface area contributed by atoms with E-state index < -0.39 is 0 Å². The number of benzene rings is 1. The molecule has 0 N–H and O–H groups in total. The number of carbonyl (C=O) groups excluding carboxylic acids is 1. The molecule has 1 saturated heterocycles. The molecule has 0 radical (unpaired) electrons. The van der Waals surface area contributed by atoms with Crippen LogP contribution in [0.4, 0.5) is 5.00 Å². The molecule has 4 nitrogen and oxygen atoms in total. The van der Waals surface area contributed by atoms with Crippen molar-refractivity contribution in [2.75, 3.05) is 25.1 Å². The van der Waals surface area contributed by atoms with Gasteiger partial charge in [0.2, 0.25) is 0 Å². The van der Waals surface area contributed by atoms with Crippen LogP contribution in [0.5, 0.6) is 0 Å². The van der Waals surface area contributed by atoms with Crippen molar-refractivity contribution in [1.29, 1.82) is 0 Å². The van der Waals surface area contributed by atoms with Crippen molar-refractivity contribution in [2.24, 2.45) is 11.8 Å². The maximum Gasteiger partial charge on any atom is 0.310 e. The van der Waals surface area contributed by atoms with Crippen LogP contribution in [-0.2, 0) is 9.53 Å². The summed E-state index contributed by atoms with van der Waals surface area (Å²) in [7, 11) is 1.46. The molecular formula is C14H16N2O2S. The fourth-order valence-corrected chi connectivity index (χ4v) is 3.57. The van der Waals surface area contributed by atoms with Crippen molar-refractivity contribution < 1.29 is 9.53 Å². The van der Waals surface area contributed by atoms with Gasteiger partial charge in [-0.1, -0.05) is 19.1 Å². The van der Waals surface area contributed by atoms with Gasteiger partial charge in [-0.2, -0.15) is 4.37 Å². The molecule has 1 aromatic carbocycles. The third kappa shape index (κ3) is 2.08. The minimum absolute atomic E-state index is 0.0362. The summed E-state index contributed by atoms with van der Waals surface area (Å²) in [6.07, 6.45) is 0. The molecule has 0 spiro atoms. The van der Waals surface area contributed by atoms with Crippen LogP contribution < -0.4 is 4.90 Å². The van der Waals surface area contributed by atoms with Crippen LogP contribution in [0, 0.1) is 11.8 Å². The number of hydrogen-bond acceptors (Lipinski definition) is 5. The number of ether oxygens (including phenoxy) is 1. The van der Waals surface area contributed by atoms with E-state index in [1.165, 1.54) is 24.0 Å². The molecule has 1 aromatic heterocycles. The average Bonchev–Trinajstić information content (AvgIpc) is 3.01. The van der Waals surface area contributed by atoms with E-state index >= 15 is 0 Å². The lowest BCUT2D eigenvalue weighted by Gasteiger charge is -2.15. The Morgan fingerprint density at radius 3 is 3.00 bits per heavy atom. The summed E-state index contributed by atoms with van der Waals surface area (Å²) in [5.74, 6) is 0.169. The van der Waals surface area contributed by atoms with E-state index in [0.29, 0.717) is 5.92 Å². The first kappa shape index (κ1) is 12.4. The van der Waals surface area contributed by atoms with Gasteiger partial charge in [0.15, 0.2) is 0 Å². The minimum atomic E-state index is -0.108. The number of esters is 1. The van der Waals surface area contributed by atoms with Gasteiger partial charge in [0, 0.05) is 18.5 Å². The topological polar surface area (TPSA) is 42.4 Å². The number of rotatable bonds is 2. The Balaban J connectivity index is 1.90. The van der Waals surface area contributed by atoms with E-state index in [1.54, 1.807) is 0 Å². The molecule has 100 valence electrons. The van der Waals surface area contributed by atoms with Crippen LogP contribution in [-0.4, -0.2) is 30.5 Å². The molecule has 0 bridgehead atoms. The molecule has 0 aliphatic carbocycles. The SMILES string of the molecule is COC(=O)C1CN(c2snc3ccccc23)CC1C. The summed E-state index contributed by atoms with van der Waals surface area (Å²) >= 11 is 1.51. The van der Waals surface area contributed by atoms with E-state index in [9.17, 15) is 4.79 Å². The summed E-state index contributed by atoms with van der Waals surface area (Å²) in [5, 5.41) is 2.33. The number of carbonyl (C=O) groups is 1. The van der Waals surface area contributed by atoms with Crippen LogP contribution in [0.3, 0.4) is 0 Å². The second-order valence-electron chi connectivity index (χ2n) is 5.02. The Morgan fingerprint density at radius 1 is 1.42 bits per heavy atom. The lowest BCUT2D eigenvalue weighted by molar-refractivity contribution is -0.145. The van der Waals surface area contributed by atoms with Gasteiger partial charge in [-0.05, 0) is 29.6 Å². The molecule has 19 heavy (non-hydrogen) atoms. The highest BCUT2D eigenvalue weighted by atomic mass is 32.1. The van der Waals surface area contributed by atoms with Crippen LogP contribution in [0.15, 0.2) is 24.3 Å². The number of fused-ring (bicyclic) bond motifs is 1. The summed E-state index contributed by atoms with van der Waals surface area (Å²) < 4.78 is 9.34. The van der Waals surface area contributed by atoms with Crippen LogP contribution in [0.1, 0.15) is 6.92 Å². The van der Waals surface area contributed by atoms with Crippen molar-refractivity contribution in [3.63, 3.8) is 0 Å². The van der Waals surface area contributed by atoms with Gasteiger partial charge < -0.3 is 9.64 Å². The lowest BCUT2D eigenvalue weighted by atomic mass is 9.99. The Hall–Kier alpha value is -1.62. The molecule has 2 heterocycles. The largest absolute Gasteiger partial charge is 0.469 e. The van der Waals surface area contributed by atoms with E-state index in [-0.39, 0.29) is 11.9 Å². The minimum Gasteiger partial charge on any atom is -0.469 e. The molecule has 5 heteroatoms. The highest BCUT2D eigenvalue weighted by Crippen LogP contribution is 2.36. The average molecular weight is 276 g/mol. The second-order valence-corrected chi connectivity index (χ2v) is 5.77. The van der Waals surface area contributed by atoms with E-state index in [1.807, 2.05) is 18.2 Å². The van der Waals surface area contributed by atoms with Gasteiger partial charge in [-0.15, -0.1) is 0 Å². The van der Waals surface area contributed by atoms with Gasteiger partial charge in [0.25, 0.3) is 0 Å². The summed E-state index contributed by atoms with van der Waals surface area (Å²) in [6.45, 7) is 3.71. The monoisotopic (exact) mass is 276 g/mol. The quantitative estimate of drug-likeness (QED) is 0.791. The van der Waals surface area contributed by atoms with Crippen LogP contribution in [0.25, 0.3) is 10.9 Å². The highest BCUT2D eigenvalue weighted by molar-refractivity contribution is 7.11. The molecule has 0 saturated carbocycles. The molecule has 2 aromatic rings. The molecule has 2 atom stereocenters. The predicted molar refractivity (Wildman–Crippen MR) is 76.5 cm³/mol. The fraction of sp³-hybridized carbons (Fsp3) is 0.429. The summed E-state index contributed by atoms with van der Waals surface area (Å²) in [6, 6.07) is 8.13. The fourth-order valence-electron chi connectivity index (χ4n) is 2.69. The maximum atomic E-state index is 11.7. The van der Waals surface area contributed by atoms with E-state index in [2.05, 4.69) is 22.3 Å². The maximum absolute atomic E-state index is 11.7. The van der Waals surface area contributed by atoms with Crippen molar-refractivity contribution in [2.45, 2.75) is 6.92 Å². The zero-order valence-corrected chi connectivity index (χ0v) is 11.8. The molecule has 1 fully saturated rings. The summed E-state index contributed by atoms with van der Waals surface area (Å²) in [4.78, 5) is 14.0. The Bertz CT molecular complexity index is 610. The van der Waals surface area contributed by atoms with Crippen molar-refractivity contribution >= 4 is 33.4 Å². The third-order valence-electron chi connectivity index (χ3n) is 3.77. The lowest BCUT2D eigenvalue weighted by Crippen LogP contribution is -2.24. The van der Waals surface area contributed by atoms with Crippen molar-refractivity contribution in [3.05, 3.63) is 24.3 Å². The molecule has 1 aliphatic rings. The second kappa shape index (κ2) is 4.81. The van der Waals surface area contributed by atoms with Gasteiger partial charge in [-0.25, -0.2) is 0 Å². The first-order chi connectivity index (χ1) is 9.20. The molecule has 1 aliphatic heterocycles.